The number of benzene rings is 2. The summed E-state index contributed by atoms with van der Waals surface area (Å²) in [7, 11) is 1.63. The Morgan fingerprint density at radius 1 is 1.11 bits per heavy atom. The van der Waals surface area contributed by atoms with Gasteiger partial charge in [-0.25, -0.2) is 0 Å². The van der Waals surface area contributed by atoms with E-state index in [1.165, 1.54) is 0 Å². The van der Waals surface area contributed by atoms with Crippen LogP contribution in [0, 0.1) is 0 Å². The molecule has 2 rings (SSSR count). The number of nitrogens with one attached hydrogen (secondary N) is 1. The van der Waals surface area contributed by atoms with Gasteiger partial charge in [0, 0.05) is 6.54 Å². The van der Waals surface area contributed by atoms with Crippen LogP contribution in [0.25, 0.3) is 0 Å². The second-order valence-electron chi connectivity index (χ2n) is 6.26. The minimum Gasteiger partial charge on any atom is -0.493 e. The second kappa shape index (κ2) is 11.4. The molecule has 1 amide bonds. The van der Waals surface area contributed by atoms with E-state index in [1.807, 2.05) is 44.2 Å². The van der Waals surface area contributed by atoms with Gasteiger partial charge in [-0.3, -0.25) is 4.79 Å². The SMILES string of the molecule is CCOc1ccc(CCCNC(=O)[C@@H](CC)Oc2ccccc2Cl)cc1OC. The average Bonchev–Trinajstić information content (AvgIpc) is 2.71. The van der Waals surface area contributed by atoms with Crippen LogP contribution in [0.1, 0.15) is 32.3 Å². The maximum absolute atomic E-state index is 12.4. The maximum atomic E-state index is 12.4. The summed E-state index contributed by atoms with van der Waals surface area (Å²) < 4.78 is 16.7. The van der Waals surface area contributed by atoms with Crippen LogP contribution in [0.2, 0.25) is 5.02 Å². The van der Waals surface area contributed by atoms with Gasteiger partial charge < -0.3 is 19.5 Å². The predicted octanol–water partition coefficient (Wildman–Crippen LogP) is 4.65. The number of hydrogen-bond donors (Lipinski definition) is 1. The molecule has 0 saturated heterocycles. The summed E-state index contributed by atoms with van der Waals surface area (Å²) in [5, 5.41) is 3.44. The van der Waals surface area contributed by atoms with Crippen molar-refractivity contribution in [2.75, 3.05) is 20.3 Å². The normalized spacial score (nSPS) is 11.6. The van der Waals surface area contributed by atoms with E-state index in [4.69, 9.17) is 25.8 Å². The van der Waals surface area contributed by atoms with Crippen LogP contribution in [-0.2, 0) is 11.2 Å². The van der Waals surface area contributed by atoms with Crippen LogP contribution in [0.15, 0.2) is 42.5 Å². The Kier molecular flexibility index (Phi) is 8.95. The first-order valence-electron chi connectivity index (χ1n) is 9.57. The van der Waals surface area contributed by atoms with E-state index in [9.17, 15) is 4.79 Å². The fraction of sp³-hybridized carbons (Fsp3) is 0.409. The molecule has 152 valence electrons. The lowest BCUT2D eigenvalue weighted by Gasteiger charge is -2.18. The molecule has 2 aromatic carbocycles. The summed E-state index contributed by atoms with van der Waals surface area (Å²) in [5.74, 6) is 1.85. The number of rotatable bonds is 11. The quantitative estimate of drug-likeness (QED) is 0.552. The summed E-state index contributed by atoms with van der Waals surface area (Å²) >= 11 is 6.10. The Morgan fingerprint density at radius 2 is 1.89 bits per heavy atom. The molecule has 0 spiro atoms. The van der Waals surface area contributed by atoms with Gasteiger partial charge in [-0.15, -0.1) is 0 Å². The topological polar surface area (TPSA) is 56.8 Å². The van der Waals surface area contributed by atoms with E-state index in [-0.39, 0.29) is 5.91 Å². The molecule has 0 radical (unpaired) electrons. The Balaban J connectivity index is 1.82. The smallest absolute Gasteiger partial charge is 0.261 e. The maximum Gasteiger partial charge on any atom is 0.261 e. The molecular weight excluding hydrogens is 378 g/mol. The third kappa shape index (κ3) is 6.34. The van der Waals surface area contributed by atoms with Crippen LogP contribution >= 0.6 is 11.6 Å². The first-order valence-corrected chi connectivity index (χ1v) is 9.95. The number of amides is 1. The Hall–Kier alpha value is -2.40. The Morgan fingerprint density at radius 3 is 2.57 bits per heavy atom. The molecule has 0 saturated carbocycles. The molecule has 6 heteroatoms. The number of aryl methyl sites for hydroxylation is 1. The minimum atomic E-state index is -0.564. The highest BCUT2D eigenvalue weighted by molar-refractivity contribution is 6.32. The molecule has 0 unspecified atom stereocenters. The summed E-state index contributed by atoms with van der Waals surface area (Å²) in [5.41, 5.74) is 1.13. The third-order valence-electron chi connectivity index (χ3n) is 4.24. The first-order chi connectivity index (χ1) is 13.6. The van der Waals surface area contributed by atoms with Crippen molar-refractivity contribution in [2.24, 2.45) is 0 Å². The Bertz CT molecular complexity index is 766. The zero-order valence-electron chi connectivity index (χ0n) is 16.7. The van der Waals surface area contributed by atoms with Gasteiger partial charge in [0.2, 0.25) is 0 Å². The van der Waals surface area contributed by atoms with Crippen molar-refractivity contribution in [1.82, 2.24) is 5.32 Å². The highest BCUT2D eigenvalue weighted by atomic mass is 35.5. The van der Waals surface area contributed by atoms with Gasteiger partial charge in [-0.1, -0.05) is 36.7 Å². The van der Waals surface area contributed by atoms with Crippen molar-refractivity contribution >= 4 is 17.5 Å². The summed E-state index contributed by atoms with van der Waals surface area (Å²) in [6.07, 6.45) is 1.63. The molecule has 1 atom stereocenters. The van der Waals surface area contributed by atoms with Gasteiger partial charge in [0.05, 0.1) is 18.7 Å². The molecular formula is C22H28ClNO4. The predicted molar refractivity (Wildman–Crippen MR) is 112 cm³/mol. The first kappa shape index (κ1) is 21.9. The van der Waals surface area contributed by atoms with E-state index in [1.54, 1.807) is 19.2 Å². The van der Waals surface area contributed by atoms with E-state index < -0.39 is 6.10 Å². The lowest BCUT2D eigenvalue weighted by Crippen LogP contribution is -2.38. The monoisotopic (exact) mass is 405 g/mol. The van der Waals surface area contributed by atoms with E-state index >= 15 is 0 Å². The van der Waals surface area contributed by atoms with Crippen LogP contribution in [-0.4, -0.2) is 32.3 Å². The van der Waals surface area contributed by atoms with Gasteiger partial charge in [-0.05, 0) is 56.0 Å². The molecule has 0 heterocycles. The van der Waals surface area contributed by atoms with Crippen molar-refractivity contribution in [2.45, 2.75) is 39.2 Å². The molecule has 1 N–H and O–H groups in total. The van der Waals surface area contributed by atoms with Crippen LogP contribution in [0.5, 0.6) is 17.2 Å². The van der Waals surface area contributed by atoms with Gasteiger partial charge in [0.25, 0.3) is 5.91 Å². The summed E-state index contributed by atoms with van der Waals surface area (Å²) in [4.78, 5) is 12.4. The third-order valence-corrected chi connectivity index (χ3v) is 4.55. The molecule has 0 aliphatic carbocycles. The number of ether oxygens (including phenoxy) is 3. The summed E-state index contributed by atoms with van der Waals surface area (Å²) in [6, 6.07) is 13.1. The fourth-order valence-electron chi connectivity index (χ4n) is 2.78. The number of para-hydroxylation sites is 1. The molecule has 0 aliphatic rings. The minimum absolute atomic E-state index is 0.133. The zero-order valence-corrected chi connectivity index (χ0v) is 17.4. The van der Waals surface area contributed by atoms with Crippen LogP contribution in [0.3, 0.4) is 0 Å². The standard InChI is InChI=1S/C22H28ClNO4/c1-4-18(28-19-11-7-6-10-17(19)23)22(25)24-14-8-9-16-12-13-20(27-5-2)21(15-16)26-3/h6-7,10-13,15,18H,4-5,8-9,14H2,1-3H3,(H,24,25)/t18-/m1/s1. The fourth-order valence-corrected chi connectivity index (χ4v) is 2.96. The van der Waals surface area contributed by atoms with Crippen molar-refractivity contribution in [3.8, 4) is 17.2 Å². The number of carbonyl (C=O) groups excluding carboxylic acids is 1. The zero-order chi connectivity index (χ0) is 20.4. The Labute approximate surface area is 171 Å². The van der Waals surface area contributed by atoms with Gasteiger partial charge in [0.15, 0.2) is 17.6 Å². The molecule has 0 bridgehead atoms. The molecule has 0 fully saturated rings. The number of hydrogen-bond acceptors (Lipinski definition) is 4. The molecule has 5 nitrogen and oxygen atoms in total. The van der Waals surface area contributed by atoms with E-state index in [2.05, 4.69) is 5.32 Å². The highest BCUT2D eigenvalue weighted by Gasteiger charge is 2.18. The average molecular weight is 406 g/mol. The summed E-state index contributed by atoms with van der Waals surface area (Å²) in [6.45, 7) is 5.01. The number of halogens is 1. The van der Waals surface area contributed by atoms with Crippen molar-refractivity contribution in [1.29, 1.82) is 0 Å². The number of methoxy groups -OCH3 is 1. The van der Waals surface area contributed by atoms with E-state index in [0.29, 0.717) is 30.3 Å². The van der Waals surface area contributed by atoms with Crippen molar-refractivity contribution in [3.63, 3.8) is 0 Å². The van der Waals surface area contributed by atoms with Crippen LogP contribution < -0.4 is 19.5 Å². The lowest BCUT2D eigenvalue weighted by molar-refractivity contribution is -0.128. The molecule has 28 heavy (non-hydrogen) atoms. The molecule has 0 aliphatic heterocycles. The molecule has 2 aromatic rings. The van der Waals surface area contributed by atoms with E-state index in [0.717, 1.165) is 29.9 Å². The van der Waals surface area contributed by atoms with Crippen LogP contribution in [0.4, 0.5) is 0 Å². The van der Waals surface area contributed by atoms with Crippen molar-refractivity contribution < 1.29 is 19.0 Å². The molecule has 0 aromatic heterocycles. The lowest BCUT2D eigenvalue weighted by atomic mass is 10.1. The van der Waals surface area contributed by atoms with Gasteiger partial charge in [0.1, 0.15) is 5.75 Å². The van der Waals surface area contributed by atoms with Crippen molar-refractivity contribution in [3.05, 3.63) is 53.1 Å². The second-order valence-corrected chi connectivity index (χ2v) is 6.67. The highest BCUT2D eigenvalue weighted by Crippen LogP contribution is 2.28. The van der Waals surface area contributed by atoms with Gasteiger partial charge in [-0.2, -0.15) is 0 Å². The van der Waals surface area contributed by atoms with Gasteiger partial charge >= 0.3 is 0 Å². The number of carbonyl (C=O) groups is 1. The largest absolute Gasteiger partial charge is 0.493 e.